The van der Waals surface area contributed by atoms with Gasteiger partial charge in [-0.2, -0.15) is 0 Å². The van der Waals surface area contributed by atoms with Crippen molar-refractivity contribution in [2.24, 2.45) is 0 Å². The van der Waals surface area contributed by atoms with Crippen LogP contribution in [-0.2, 0) is 6.61 Å². The van der Waals surface area contributed by atoms with Gasteiger partial charge in [0.15, 0.2) is 0 Å². The molecule has 0 aliphatic carbocycles. The average Bonchev–Trinajstić information content (AvgIpc) is 2.76. The Kier molecular flexibility index (Phi) is 3.82. The summed E-state index contributed by atoms with van der Waals surface area (Å²) >= 11 is 1.70. The van der Waals surface area contributed by atoms with Gasteiger partial charge in [0.2, 0.25) is 0 Å². The molecule has 1 aromatic heterocycles. The molecular formula is C14H16O2S. The quantitative estimate of drug-likeness (QED) is 0.895. The van der Waals surface area contributed by atoms with Crippen molar-refractivity contribution in [1.82, 2.24) is 0 Å². The lowest BCUT2D eigenvalue weighted by Gasteiger charge is -2.12. The predicted molar refractivity (Wildman–Crippen MR) is 71.6 cm³/mol. The van der Waals surface area contributed by atoms with E-state index in [0.29, 0.717) is 6.61 Å². The third-order valence-corrected chi connectivity index (χ3v) is 3.63. The number of rotatable bonds is 4. The van der Waals surface area contributed by atoms with Gasteiger partial charge in [-0.1, -0.05) is 12.1 Å². The first-order chi connectivity index (χ1) is 8.26. The highest BCUT2D eigenvalue weighted by Crippen LogP contribution is 2.36. The highest BCUT2D eigenvalue weighted by atomic mass is 32.1. The van der Waals surface area contributed by atoms with Crippen molar-refractivity contribution in [3.63, 3.8) is 0 Å². The van der Waals surface area contributed by atoms with E-state index in [2.05, 4.69) is 18.4 Å². The van der Waals surface area contributed by atoms with Crippen LogP contribution in [0.25, 0.3) is 10.4 Å². The Morgan fingerprint density at radius 2 is 2.18 bits per heavy atom. The van der Waals surface area contributed by atoms with Crippen LogP contribution < -0.4 is 4.74 Å². The van der Waals surface area contributed by atoms with Crippen LogP contribution in [0, 0.1) is 6.92 Å². The second kappa shape index (κ2) is 5.34. The van der Waals surface area contributed by atoms with Crippen molar-refractivity contribution in [3.05, 3.63) is 40.8 Å². The Bertz CT molecular complexity index is 503. The molecule has 17 heavy (non-hydrogen) atoms. The van der Waals surface area contributed by atoms with Gasteiger partial charge >= 0.3 is 0 Å². The van der Waals surface area contributed by atoms with Crippen molar-refractivity contribution < 1.29 is 9.84 Å². The van der Waals surface area contributed by atoms with E-state index in [1.807, 2.05) is 25.1 Å². The van der Waals surface area contributed by atoms with Crippen LogP contribution in [0.15, 0.2) is 29.6 Å². The largest absolute Gasteiger partial charge is 0.493 e. The lowest BCUT2D eigenvalue weighted by molar-refractivity contribution is 0.267. The van der Waals surface area contributed by atoms with Gasteiger partial charge in [0.1, 0.15) is 5.75 Å². The van der Waals surface area contributed by atoms with Crippen LogP contribution in [0.3, 0.4) is 0 Å². The van der Waals surface area contributed by atoms with Crippen molar-refractivity contribution in [1.29, 1.82) is 0 Å². The highest BCUT2D eigenvalue weighted by Gasteiger charge is 2.11. The summed E-state index contributed by atoms with van der Waals surface area (Å²) in [6.45, 7) is 4.65. The van der Waals surface area contributed by atoms with Gasteiger partial charge < -0.3 is 9.84 Å². The molecule has 1 heterocycles. The van der Waals surface area contributed by atoms with E-state index >= 15 is 0 Å². The molecule has 0 spiro atoms. The lowest BCUT2D eigenvalue weighted by atomic mass is 10.1. The number of aryl methyl sites for hydroxylation is 1. The maximum absolute atomic E-state index is 9.35. The smallest absolute Gasteiger partial charge is 0.133 e. The van der Waals surface area contributed by atoms with E-state index in [1.165, 1.54) is 10.4 Å². The summed E-state index contributed by atoms with van der Waals surface area (Å²) in [5.41, 5.74) is 3.16. The van der Waals surface area contributed by atoms with Crippen LogP contribution in [-0.4, -0.2) is 11.7 Å². The van der Waals surface area contributed by atoms with Gasteiger partial charge in [-0.25, -0.2) is 0 Å². The van der Waals surface area contributed by atoms with E-state index in [1.54, 1.807) is 11.3 Å². The first-order valence-corrected chi connectivity index (χ1v) is 6.55. The fourth-order valence-electron chi connectivity index (χ4n) is 1.79. The monoisotopic (exact) mass is 248 g/mol. The fraction of sp³-hybridized carbons (Fsp3) is 0.286. The number of para-hydroxylation sites is 1. The van der Waals surface area contributed by atoms with Crippen LogP contribution in [0.1, 0.15) is 18.1 Å². The van der Waals surface area contributed by atoms with Gasteiger partial charge in [-0.05, 0) is 36.9 Å². The van der Waals surface area contributed by atoms with Gasteiger partial charge in [0, 0.05) is 16.0 Å². The Labute approximate surface area is 105 Å². The first kappa shape index (κ1) is 12.1. The summed E-state index contributed by atoms with van der Waals surface area (Å²) < 4.78 is 5.67. The third kappa shape index (κ3) is 2.51. The molecule has 0 bridgehead atoms. The molecule has 0 aliphatic rings. The average molecular weight is 248 g/mol. The molecule has 0 atom stereocenters. The van der Waals surface area contributed by atoms with E-state index < -0.39 is 0 Å². The molecule has 0 amide bonds. The molecule has 2 rings (SSSR count). The van der Waals surface area contributed by atoms with Gasteiger partial charge in [-0.3, -0.25) is 0 Å². The standard InChI is InChI=1S/C14H16O2S/c1-3-16-14-11(8-15)5-4-6-12(14)13-7-10(2)9-17-13/h4-7,9,15H,3,8H2,1-2H3. The second-order valence-electron chi connectivity index (χ2n) is 3.87. The molecule has 0 saturated heterocycles. The predicted octanol–water partition coefficient (Wildman–Crippen LogP) is 3.61. The van der Waals surface area contributed by atoms with Crippen LogP contribution in [0.4, 0.5) is 0 Å². The molecule has 0 unspecified atom stereocenters. The van der Waals surface area contributed by atoms with Gasteiger partial charge in [0.25, 0.3) is 0 Å². The molecule has 90 valence electrons. The molecule has 0 radical (unpaired) electrons. The third-order valence-electron chi connectivity index (χ3n) is 2.55. The summed E-state index contributed by atoms with van der Waals surface area (Å²) in [4.78, 5) is 1.18. The first-order valence-electron chi connectivity index (χ1n) is 5.67. The number of hydrogen-bond donors (Lipinski definition) is 1. The van der Waals surface area contributed by atoms with E-state index in [9.17, 15) is 5.11 Å². The zero-order valence-corrected chi connectivity index (χ0v) is 10.9. The fourth-order valence-corrected chi connectivity index (χ4v) is 2.71. The summed E-state index contributed by atoms with van der Waals surface area (Å²) in [7, 11) is 0. The lowest BCUT2D eigenvalue weighted by Crippen LogP contribution is -1.98. The summed E-state index contributed by atoms with van der Waals surface area (Å²) in [5, 5.41) is 11.5. The number of ether oxygens (including phenoxy) is 1. The molecule has 0 saturated carbocycles. The molecule has 2 nitrogen and oxygen atoms in total. The minimum Gasteiger partial charge on any atom is -0.493 e. The zero-order chi connectivity index (χ0) is 12.3. The maximum atomic E-state index is 9.35. The van der Waals surface area contributed by atoms with Crippen molar-refractivity contribution in [2.75, 3.05) is 6.61 Å². The maximum Gasteiger partial charge on any atom is 0.133 e. The second-order valence-corrected chi connectivity index (χ2v) is 4.78. The highest BCUT2D eigenvalue weighted by molar-refractivity contribution is 7.13. The van der Waals surface area contributed by atoms with Crippen LogP contribution >= 0.6 is 11.3 Å². The summed E-state index contributed by atoms with van der Waals surface area (Å²) in [6.07, 6.45) is 0. The van der Waals surface area contributed by atoms with E-state index in [0.717, 1.165) is 16.9 Å². The Morgan fingerprint density at radius 3 is 2.76 bits per heavy atom. The molecular weight excluding hydrogens is 232 g/mol. The van der Waals surface area contributed by atoms with Crippen LogP contribution in [0.5, 0.6) is 5.75 Å². The Morgan fingerprint density at radius 1 is 1.35 bits per heavy atom. The molecule has 0 aliphatic heterocycles. The van der Waals surface area contributed by atoms with Gasteiger partial charge in [-0.15, -0.1) is 11.3 Å². The topological polar surface area (TPSA) is 29.5 Å². The molecule has 1 N–H and O–H groups in total. The number of aliphatic hydroxyl groups excluding tert-OH is 1. The number of hydrogen-bond acceptors (Lipinski definition) is 3. The van der Waals surface area contributed by atoms with Crippen molar-refractivity contribution in [2.45, 2.75) is 20.5 Å². The summed E-state index contributed by atoms with van der Waals surface area (Å²) in [5.74, 6) is 0.805. The molecule has 3 heteroatoms. The number of benzene rings is 1. The van der Waals surface area contributed by atoms with E-state index in [4.69, 9.17) is 4.74 Å². The minimum atomic E-state index is 0.00747. The number of aliphatic hydroxyl groups is 1. The van der Waals surface area contributed by atoms with Crippen molar-refractivity contribution in [3.8, 4) is 16.2 Å². The molecule has 0 fully saturated rings. The van der Waals surface area contributed by atoms with E-state index in [-0.39, 0.29) is 6.61 Å². The van der Waals surface area contributed by atoms with Crippen molar-refractivity contribution >= 4 is 11.3 Å². The minimum absolute atomic E-state index is 0.00747. The van der Waals surface area contributed by atoms with Crippen LogP contribution in [0.2, 0.25) is 0 Å². The number of thiophene rings is 1. The molecule has 1 aromatic carbocycles. The normalized spacial score (nSPS) is 10.5. The van der Waals surface area contributed by atoms with Gasteiger partial charge in [0.05, 0.1) is 13.2 Å². The Hall–Kier alpha value is -1.32. The Balaban J connectivity index is 2.52. The molecule has 2 aromatic rings. The zero-order valence-electron chi connectivity index (χ0n) is 10.1. The SMILES string of the molecule is CCOc1c(CO)cccc1-c1cc(C)cs1. The summed E-state index contributed by atoms with van der Waals surface area (Å²) in [6, 6.07) is 8.03.